The monoisotopic (exact) mass is 456 g/mol. The van der Waals surface area contributed by atoms with Crippen LogP contribution >= 0.6 is 11.6 Å². The summed E-state index contributed by atoms with van der Waals surface area (Å²) in [5.74, 6) is -2.71. The number of carbonyl (C=O) groups is 4. The van der Waals surface area contributed by atoms with Gasteiger partial charge >= 0.3 is 17.9 Å². The number of hydrogen-bond acceptors (Lipinski definition) is 9. The Morgan fingerprint density at radius 2 is 1.52 bits per heavy atom. The summed E-state index contributed by atoms with van der Waals surface area (Å²) < 4.78 is 21.0. The van der Waals surface area contributed by atoms with Crippen molar-refractivity contribution in [1.82, 2.24) is 0 Å². The maximum absolute atomic E-state index is 13.0. The molecule has 0 aliphatic carbocycles. The standard InChI is InChI=1S/C20H23ClNO9/c1-10(23)22(15-7-5-14(21)6-8-15)17-19(30-13(4)26)18(29-12(3)25)16(31-20(17)27)9-28-11(2)24/h5-8,16-20H,9H2,1-4H3/q-1/t16-,17-,18-,19-,20-/m1/s1. The van der Waals surface area contributed by atoms with Crippen LogP contribution in [0.1, 0.15) is 27.7 Å². The molecule has 1 fully saturated rings. The maximum Gasteiger partial charge on any atom is 0.303 e. The lowest BCUT2D eigenvalue weighted by molar-refractivity contribution is -0.517. The lowest BCUT2D eigenvalue weighted by atomic mass is 9.94. The minimum atomic E-state index is -1.92. The molecule has 0 N–H and O–H groups in total. The summed E-state index contributed by atoms with van der Waals surface area (Å²) in [4.78, 5) is 48.4. The van der Waals surface area contributed by atoms with Gasteiger partial charge in [-0.05, 0) is 24.3 Å². The Morgan fingerprint density at radius 3 is 2.00 bits per heavy atom. The zero-order chi connectivity index (χ0) is 23.3. The molecule has 0 aromatic heterocycles. The first-order valence-electron chi connectivity index (χ1n) is 9.35. The molecule has 0 bridgehead atoms. The molecule has 1 aromatic rings. The molecule has 1 saturated heterocycles. The highest BCUT2D eigenvalue weighted by Crippen LogP contribution is 2.32. The predicted octanol–water partition coefficient (Wildman–Crippen LogP) is 0.573. The van der Waals surface area contributed by atoms with E-state index in [-0.39, 0.29) is 0 Å². The molecule has 1 aliphatic rings. The van der Waals surface area contributed by atoms with Crippen LogP contribution in [0.25, 0.3) is 0 Å². The van der Waals surface area contributed by atoms with Gasteiger partial charge in [-0.2, -0.15) is 0 Å². The van der Waals surface area contributed by atoms with Gasteiger partial charge < -0.3 is 29.0 Å². The van der Waals surface area contributed by atoms with Crippen LogP contribution in [0.4, 0.5) is 5.69 Å². The van der Waals surface area contributed by atoms with E-state index in [2.05, 4.69) is 0 Å². The summed E-state index contributed by atoms with van der Waals surface area (Å²) >= 11 is 5.91. The van der Waals surface area contributed by atoms with Crippen molar-refractivity contribution in [3.05, 3.63) is 29.3 Å². The Morgan fingerprint density at radius 1 is 0.968 bits per heavy atom. The van der Waals surface area contributed by atoms with Crippen molar-refractivity contribution < 1.29 is 43.2 Å². The van der Waals surface area contributed by atoms with E-state index in [1.54, 1.807) is 0 Å². The molecule has 0 unspecified atom stereocenters. The molecule has 0 radical (unpaired) electrons. The minimum Gasteiger partial charge on any atom is -0.829 e. The SMILES string of the molecule is CC(=O)OC[C@H]1O[C@@H]([O-])[C@H](N(C(C)=O)c2ccc(Cl)cc2)[C@@H](OC(C)=O)[C@@H]1OC(C)=O. The van der Waals surface area contributed by atoms with Crippen LogP contribution < -0.4 is 10.0 Å². The second-order valence-electron chi connectivity index (χ2n) is 6.85. The number of esters is 3. The van der Waals surface area contributed by atoms with Crippen LogP contribution in [0.5, 0.6) is 0 Å². The van der Waals surface area contributed by atoms with Crippen molar-refractivity contribution in [2.24, 2.45) is 0 Å². The molecule has 170 valence electrons. The fourth-order valence-electron chi connectivity index (χ4n) is 3.32. The van der Waals surface area contributed by atoms with Gasteiger partial charge in [-0.1, -0.05) is 11.6 Å². The van der Waals surface area contributed by atoms with Crippen LogP contribution in [-0.2, 0) is 38.1 Å². The summed E-state index contributed by atoms with van der Waals surface area (Å²) in [6.07, 6.45) is -5.84. The van der Waals surface area contributed by atoms with E-state index in [1.165, 1.54) is 31.2 Å². The fraction of sp³-hybridized carbons (Fsp3) is 0.500. The van der Waals surface area contributed by atoms with Gasteiger partial charge in [-0.3, -0.25) is 19.2 Å². The van der Waals surface area contributed by atoms with Crippen LogP contribution in [0.3, 0.4) is 0 Å². The first kappa shape index (κ1) is 24.6. The van der Waals surface area contributed by atoms with Gasteiger partial charge in [0.1, 0.15) is 12.7 Å². The van der Waals surface area contributed by atoms with E-state index >= 15 is 0 Å². The van der Waals surface area contributed by atoms with E-state index in [1.807, 2.05) is 0 Å². The largest absolute Gasteiger partial charge is 0.829 e. The van der Waals surface area contributed by atoms with Crippen molar-refractivity contribution in [3.8, 4) is 0 Å². The van der Waals surface area contributed by atoms with Crippen molar-refractivity contribution in [3.63, 3.8) is 0 Å². The lowest BCUT2D eigenvalue weighted by Crippen LogP contribution is -2.70. The second kappa shape index (κ2) is 10.6. The third-order valence-electron chi connectivity index (χ3n) is 4.41. The maximum atomic E-state index is 13.0. The normalized spacial score (nSPS) is 25.3. The second-order valence-corrected chi connectivity index (χ2v) is 7.29. The highest BCUT2D eigenvalue weighted by molar-refractivity contribution is 6.30. The van der Waals surface area contributed by atoms with Crippen molar-refractivity contribution >= 4 is 41.1 Å². The molecular weight excluding hydrogens is 434 g/mol. The Kier molecular flexibility index (Phi) is 8.37. The molecule has 1 amide bonds. The van der Waals surface area contributed by atoms with Crippen LogP contribution in [0.2, 0.25) is 5.02 Å². The molecule has 2 rings (SSSR count). The molecule has 1 heterocycles. The highest BCUT2D eigenvalue weighted by atomic mass is 35.5. The Labute approximate surface area is 183 Å². The summed E-state index contributed by atoms with van der Waals surface area (Å²) in [6, 6.07) is 4.66. The molecule has 10 nitrogen and oxygen atoms in total. The van der Waals surface area contributed by atoms with E-state index in [0.29, 0.717) is 10.7 Å². The van der Waals surface area contributed by atoms with Gasteiger partial charge in [0.05, 0.1) is 6.04 Å². The van der Waals surface area contributed by atoms with Gasteiger partial charge in [0, 0.05) is 44.7 Å². The number of nitrogens with zero attached hydrogens (tertiary/aromatic N) is 1. The summed E-state index contributed by atoms with van der Waals surface area (Å²) in [6.45, 7) is 4.19. The number of rotatable bonds is 6. The Bertz CT molecular complexity index is 828. The summed E-state index contributed by atoms with van der Waals surface area (Å²) in [5.41, 5.74) is 0.295. The summed E-state index contributed by atoms with van der Waals surface area (Å²) in [7, 11) is 0. The Balaban J connectivity index is 2.52. The van der Waals surface area contributed by atoms with Crippen molar-refractivity contribution in [1.29, 1.82) is 0 Å². The zero-order valence-electron chi connectivity index (χ0n) is 17.4. The molecule has 31 heavy (non-hydrogen) atoms. The fourth-order valence-corrected chi connectivity index (χ4v) is 3.45. The van der Waals surface area contributed by atoms with Crippen LogP contribution in [0.15, 0.2) is 24.3 Å². The quantitative estimate of drug-likeness (QED) is 0.445. The Hall–Kier alpha value is -2.69. The first-order chi connectivity index (χ1) is 14.5. The molecule has 5 atom stereocenters. The van der Waals surface area contributed by atoms with Crippen LogP contribution in [0, 0.1) is 0 Å². The molecule has 0 spiro atoms. The highest BCUT2D eigenvalue weighted by Gasteiger charge is 2.50. The average molecular weight is 457 g/mol. The molecule has 1 aliphatic heterocycles. The number of hydrogen-bond donors (Lipinski definition) is 0. The smallest absolute Gasteiger partial charge is 0.303 e. The number of benzene rings is 1. The van der Waals surface area contributed by atoms with E-state index < -0.39 is 61.1 Å². The molecular formula is C20H23ClNO9-. The van der Waals surface area contributed by atoms with Gasteiger partial charge in [0.15, 0.2) is 12.2 Å². The molecule has 11 heteroatoms. The molecule has 0 saturated carbocycles. The number of carbonyl (C=O) groups excluding carboxylic acids is 4. The van der Waals surface area contributed by atoms with E-state index in [9.17, 15) is 24.3 Å². The zero-order valence-corrected chi connectivity index (χ0v) is 18.2. The third-order valence-corrected chi connectivity index (χ3v) is 4.66. The van der Waals surface area contributed by atoms with E-state index in [0.717, 1.165) is 25.7 Å². The van der Waals surface area contributed by atoms with Gasteiger partial charge in [-0.25, -0.2) is 0 Å². The third kappa shape index (κ3) is 6.39. The van der Waals surface area contributed by atoms with Gasteiger partial charge in [0.25, 0.3) is 0 Å². The topological polar surface area (TPSA) is 132 Å². The number of ether oxygens (including phenoxy) is 4. The summed E-state index contributed by atoms with van der Waals surface area (Å²) in [5, 5.41) is 13.4. The average Bonchev–Trinajstić information content (AvgIpc) is 2.65. The minimum absolute atomic E-state index is 0.295. The van der Waals surface area contributed by atoms with Gasteiger partial charge in [-0.15, -0.1) is 0 Å². The number of halogens is 1. The van der Waals surface area contributed by atoms with Gasteiger partial charge in [0.2, 0.25) is 5.91 Å². The van der Waals surface area contributed by atoms with E-state index in [4.69, 9.17) is 30.5 Å². The van der Waals surface area contributed by atoms with Crippen LogP contribution in [-0.4, -0.2) is 61.1 Å². The number of anilines is 1. The predicted molar refractivity (Wildman–Crippen MR) is 105 cm³/mol. The van der Waals surface area contributed by atoms with Crippen molar-refractivity contribution in [2.75, 3.05) is 11.5 Å². The molecule has 1 aromatic carbocycles. The lowest BCUT2D eigenvalue weighted by Gasteiger charge is -2.51. The van der Waals surface area contributed by atoms with Crippen molar-refractivity contribution in [2.45, 2.75) is 58.3 Å². The number of amides is 1. The first-order valence-corrected chi connectivity index (χ1v) is 9.73.